The maximum absolute atomic E-state index is 7.05. The van der Waals surface area contributed by atoms with Crippen molar-refractivity contribution >= 4 is 11.6 Å². The van der Waals surface area contributed by atoms with Gasteiger partial charge in [0, 0.05) is 39.7 Å². The minimum absolute atomic E-state index is 0.0402. The summed E-state index contributed by atoms with van der Waals surface area (Å²) in [6.07, 6.45) is 4.11. The molecule has 0 N–H and O–H groups in total. The van der Waals surface area contributed by atoms with Crippen LogP contribution >= 0.6 is 11.6 Å². The molecule has 0 bridgehead atoms. The summed E-state index contributed by atoms with van der Waals surface area (Å²) in [6, 6.07) is 59.9. The average molecular weight is 976 g/mol. The SMILES string of the molecule is Cc1cc(-c2ccc(-c3ccccc3-c3cc(Cl)cc(-c4ccccc4-c4ccc(-c5cc(C)c(-c6cc(C(C)(C)C)cc(C(C)(C)C)c6)cn5)cc4)c3)cc2)ncc1-c1cc(C(C)(C)C)cc(C(C)(C)C)c1. The van der Waals surface area contributed by atoms with E-state index in [1.807, 2.05) is 0 Å². The molecular formula is C70H71ClN2. The number of aryl methyl sites for hydroxylation is 2. The number of hydrogen-bond donors (Lipinski definition) is 0. The summed E-state index contributed by atoms with van der Waals surface area (Å²) in [5, 5.41) is 0.692. The molecule has 0 atom stereocenters. The van der Waals surface area contributed by atoms with Crippen molar-refractivity contribution < 1.29 is 0 Å². The van der Waals surface area contributed by atoms with Gasteiger partial charge in [-0.1, -0.05) is 228 Å². The average Bonchev–Trinajstić information content (AvgIpc) is 3.35. The van der Waals surface area contributed by atoms with Crippen LogP contribution in [0.25, 0.3) is 89.3 Å². The molecule has 0 unspecified atom stereocenters. The minimum Gasteiger partial charge on any atom is -0.256 e. The van der Waals surface area contributed by atoms with Crippen molar-refractivity contribution in [3.63, 3.8) is 0 Å². The zero-order chi connectivity index (χ0) is 52.2. The van der Waals surface area contributed by atoms with Gasteiger partial charge in [0.1, 0.15) is 0 Å². The Kier molecular flexibility index (Phi) is 13.7. The molecule has 0 fully saturated rings. The van der Waals surface area contributed by atoms with E-state index in [9.17, 15) is 0 Å². The second-order valence-corrected chi connectivity index (χ2v) is 24.8. The predicted octanol–water partition coefficient (Wildman–Crippen LogP) is 20.3. The summed E-state index contributed by atoms with van der Waals surface area (Å²) < 4.78 is 0. The lowest BCUT2D eigenvalue weighted by Crippen LogP contribution is -2.16. The van der Waals surface area contributed by atoms with Crippen LogP contribution in [0.1, 0.15) is 116 Å². The molecule has 0 aliphatic carbocycles. The molecule has 0 saturated carbocycles. The van der Waals surface area contributed by atoms with Crippen LogP contribution in [0, 0.1) is 13.8 Å². The molecule has 7 aromatic carbocycles. The first-order valence-electron chi connectivity index (χ1n) is 25.9. The highest BCUT2D eigenvalue weighted by Crippen LogP contribution is 2.42. The molecule has 2 heterocycles. The molecule has 73 heavy (non-hydrogen) atoms. The van der Waals surface area contributed by atoms with Gasteiger partial charge in [0.05, 0.1) is 11.4 Å². The fraction of sp³-hybridized carbons (Fsp3) is 0.257. The molecule has 2 aromatic heterocycles. The molecular weight excluding hydrogens is 904 g/mol. The van der Waals surface area contributed by atoms with Crippen molar-refractivity contribution in [1.29, 1.82) is 0 Å². The largest absolute Gasteiger partial charge is 0.256 e. The van der Waals surface area contributed by atoms with E-state index in [-0.39, 0.29) is 21.7 Å². The second-order valence-electron chi connectivity index (χ2n) is 24.3. The first kappa shape index (κ1) is 51.0. The molecule has 0 saturated heterocycles. The lowest BCUT2D eigenvalue weighted by atomic mass is 9.78. The molecule has 3 heteroatoms. The first-order chi connectivity index (χ1) is 34.4. The zero-order valence-corrected chi connectivity index (χ0v) is 46.3. The molecule has 9 rings (SSSR count). The van der Waals surface area contributed by atoms with Gasteiger partial charge in [-0.25, -0.2) is 0 Å². The highest BCUT2D eigenvalue weighted by molar-refractivity contribution is 6.31. The Bertz CT molecular complexity index is 3200. The van der Waals surface area contributed by atoms with Crippen LogP contribution in [0.2, 0.25) is 5.02 Å². The molecule has 0 aliphatic heterocycles. The number of halogens is 1. The quantitative estimate of drug-likeness (QED) is 0.152. The molecule has 0 aliphatic rings. The summed E-state index contributed by atoms with van der Waals surface area (Å²) in [5.74, 6) is 0. The van der Waals surface area contributed by atoms with Crippen LogP contribution < -0.4 is 0 Å². The Morgan fingerprint density at radius 3 is 0.849 bits per heavy atom. The molecule has 0 radical (unpaired) electrons. The number of aromatic nitrogens is 2. The van der Waals surface area contributed by atoms with Crippen LogP contribution in [0.4, 0.5) is 0 Å². The molecule has 2 nitrogen and oxygen atoms in total. The van der Waals surface area contributed by atoms with Crippen LogP contribution in [-0.4, -0.2) is 9.97 Å². The number of pyridine rings is 2. The lowest BCUT2D eigenvalue weighted by Gasteiger charge is -2.26. The normalized spacial score (nSPS) is 12.3. The van der Waals surface area contributed by atoms with Crippen molar-refractivity contribution in [3.8, 4) is 89.3 Å². The van der Waals surface area contributed by atoms with Gasteiger partial charge in [0.2, 0.25) is 0 Å². The third-order valence-electron chi connectivity index (χ3n) is 14.5. The topological polar surface area (TPSA) is 25.8 Å². The molecule has 368 valence electrons. The van der Waals surface area contributed by atoms with E-state index in [4.69, 9.17) is 21.6 Å². The van der Waals surface area contributed by atoms with Crippen molar-refractivity contribution in [1.82, 2.24) is 9.97 Å². The van der Waals surface area contributed by atoms with Crippen molar-refractivity contribution in [2.24, 2.45) is 0 Å². The number of nitrogens with zero attached hydrogens (tertiary/aromatic N) is 2. The van der Waals surface area contributed by atoms with Gasteiger partial charge < -0.3 is 0 Å². The van der Waals surface area contributed by atoms with E-state index < -0.39 is 0 Å². The van der Waals surface area contributed by atoms with Crippen molar-refractivity contribution in [2.75, 3.05) is 0 Å². The maximum Gasteiger partial charge on any atom is 0.0705 e. The third kappa shape index (κ3) is 11.1. The van der Waals surface area contributed by atoms with E-state index in [1.165, 1.54) is 55.6 Å². The van der Waals surface area contributed by atoms with E-state index in [1.54, 1.807) is 0 Å². The standard InChI is InChI=1S/C70H71ClN2/c1-44-31-65(72-42-63(44)52-34-54(67(3,4)5)40-55(35-52)68(6,7)8)48-27-23-46(24-28-48)59-19-15-17-21-61(59)50-33-51(39-58(71)38-50)62-22-18-16-20-60(62)47-25-29-49(30-26-47)66-32-45(2)64(43-73-66)53-36-56(69(9,10)11)41-57(37-53)70(12,13)14/h15-43H,1-14H3. The van der Waals surface area contributed by atoms with Crippen molar-refractivity contribution in [3.05, 3.63) is 215 Å². The van der Waals surface area contributed by atoms with Gasteiger partial charge in [-0.3, -0.25) is 9.97 Å². The highest BCUT2D eigenvalue weighted by atomic mass is 35.5. The predicted molar refractivity (Wildman–Crippen MR) is 315 cm³/mol. The van der Waals surface area contributed by atoms with E-state index >= 15 is 0 Å². The Morgan fingerprint density at radius 1 is 0.288 bits per heavy atom. The van der Waals surface area contributed by atoms with Gasteiger partial charge in [0.25, 0.3) is 0 Å². The van der Waals surface area contributed by atoms with Gasteiger partial charge in [-0.2, -0.15) is 0 Å². The van der Waals surface area contributed by atoms with Crippen LogP contribution in [0.3, 0.4) is 0 Å². The summed E-state index contributed by atoms with van der Waals surface area (Å²) in [4.78, 5) is 10.1. The summed E-state index contributed by atoms with van der Waals surface area (Å²) >= 11 is 7.05. The monoisotopic (exact) mass is 975 g/mol. The Hall–Kier alpha value is -6.87. The van der Waals surface area contributed by atoms with Gasteiger partial charge >= 0.3 is 0 Å². The minimum atomic E-state index is 0.0402. The fourth-order valence-electron chi connectivity index (χ4n) is 9.85. The second kappa shape index (κ2) is 19.5. The smallest absolute Gasteiger partial charge is 0.0705 e. The van der Waals surface area contributed by atoms with Crippen LogP contribution in [-0.2, 0) is 21.7 Å². The van der Waals surface area contributed by atoms with Gasteiger partial charge in [0.15, 0.2) is 0 Å². The zero-order valence-electron chi connectivity index (χ0n) is 45.5. The Labute approximate surface area is 441 Å². The Morgan fingerprint density at radius 2 is 0.562 bits per heavy atom. The maximum atomic E-state index is 7.05. The first-order valence-corrected chi connectivity index (χ1v) is 26.3. The van der Waals surface area contributed by atoms with Crippen molar-refractivity contribution in [2.45, 2.75) is 119 Å². The summed E-state index contributed by atoms with van der Waals surface area (Å²) in [6.45, 7) is 31.9. The summed E-state index contributed by atoms with van der Waals surface area (Å²) in [5.41, 5.74) is 25.8. The fourth-order valence-corrected chi connectivity index (χ4v) is 10.1. The number of hydrogen-bond acceptors (Lipinski definition) is 2. The van der Waals surface area contributed by atoms with Crippen LogP contribution in [0.15, 0.2) is 176 Å². The third-order valence-corrected chi connectivity index (χ3v) is 14.7. The molecule has 0 spiro atoms. The van der Waals surface area contributed by atoms with E-state index in [0.29, 0.717) is 5.02 Å². The lowest BCUT2D eigenvalue weighted by molar-refractivity contribution is 0.568. The van der Waals surface area contributed by atoms with E-state index in [2.05, 4.69) is 273 Å². The number of benzene rings is 7. The number of rotatable bonds is 8. The Balaban J connectivity index is 0.978. The summed E-state index contributed by atoms with van der Waals surface area (Å²) in [7, 11) is 0. The van der Waals surface area contributed by atoms with Gasteiger partial charge in [-0.15, -0.1) is 0 Å². The molecule has 9 aromatic rings. The molecule has 0 amide bonds. The van der Waals surface area contributed by atoms with E-state index in [0.717, 1.165) is 67.0 Å². The highest BCUT2D eigenvalue weighted by Gasteiger charge is 2.24. The van der Waals surface area contributed by atoms with Gasteiger partial charge in [-0.05, 0) is 155 Å². The van der Waals surface area contributed by atoms with Crippen LogP contribution in [0.5, 0.6) is 0 Å².